The minimum atomic E-state index is 0.559. The summed E-state index contributed by atoms with van der Waals surface area (Å²) >= 11 is 0. The monoisotopic (exact) mass is 269 g/mol. The van der Waals surface area contributed by atoms with Crippen LogP contribution in [-0.2, 0) is 4.74 Å². The van der Waals surface area contributed by atoms with Crippen molar-refractivity contribution in [3.8, 4) is 0 Å². The Morgan fingerprint density at radius 2 is 2.21 bits per heavy atom. The molecule has 19 heavy (non-hydrogen) atoms. The van der Waals surface area contributed by atoms with Crippen LogP contribution in [-0.4, -0.2) is 75.4 Å². The Labute approximate surface area is 118 Å². The van der Waals surface area contributed by atoms with Crippen LogP contribution in [0, 0.1) is 5.92 Å². The average Bonchev–Trinajstić information content (AvgIpc) is 2.83. The van der Waals surface area contributed by atoms with Crippen LogP contribution in [0.2, 0.25) is 0 Å². The Hall–Kier alpha value is -0.160. The number of hydrogen-bond acceptors (Lipinski definition) is 4. The first-order chi connectivity index (χ1) is 9.20. The molecule has 0 radical (unpaired) electrons. The summed E-state index contributed by atoms with van der Waals surface area (Å²) in [5.41, 5.74) is 0. The molecule has 1 N–H and O–H groups in total. The van der Waals surface area contributed by atoms with E-state index in [1.54, 1.807) is 0 Å². The van der Waals surface area contributed by atoms with E-state index in [9.17, 15) is 0 Å². The molecule has 112 valence electrons. The molecule has 0 spiro atoms. The summed E-state index contributed by atoms with van der Waals surface area (Å²) in [4.78, 5) is 5.03. The molecule has 3 unspecified atom stereocenters. The van der Waals surface area contributed by atoms with Gasteiger partial charge in [-0.15, -0.1) is 0 Å². The molecule has 2 aliphatic rings. The SMILES string of the molecule is CCCNC1COCC1CN(C)C1CCCN(C)C1. The summed E-state index contributed by atoms with van der Waals surface area (Å²) in [5, 5.41) is 3.64. The van der Waals surface area contributed by atoms with Crippen LogP contribution < -0.4 is 5.32 Å². The van der Waals surface area contributed by atoms with E-state index in [-0.39, 0.29) is 0 Å². The van der Waals surface area contributed by atoms with Crippen LogP contribution in [0.1, 0.15) is 26.2 Å². The second-order valence-corrected chi connectivity index (χ2v) is 6.36. The van der Waals surface area contributed by atoms with Gasteiger partial charge in [0.2, 0.25) is 0 Å². The quantitative estimate of drug-likeness (QED) is 0.779. The molecule has 2 rings (SSSR count). The largest absolute Gasteiger partial charge is 0.379 e. The van der Waals surface area contributed by atoms with Crippen LogP contribution in [0.15, 0.2) is 0 Å². The van der Waals surface area contributed by atoms with E-state index in [0.717, 1.165) is 25.8 Å². The molecule has 0 aromatic rings. The average molecular weight is 269 g/mol. The number of ether oxygens (including phenoxy) is 1. The Morgan fingerprint density at radius 3 is 2.95 bits per heavy atom. The van der Waals surface area contributed by atoms with Gasteiger partial charge in [-0.3, -0.25) is 0 Å². The molecule has 0 amide bonds. The zero-order valence-electron chi connectivity index (χ0n) is 12.9. The van der Waals surface area contributed by atoms with Crippen molar-refractivity contribution < 1.29 is 4.74 Å². The van der Waals surface area contributed by atoms with Gasteiger partial charge in [0.05, 0.1) is 13.2 Å². The minimum absolute atomic E-state index is 0.559. The molecular formula is C15H31N3O. The lowest BCUT2D eigenvalue weighted by molar-refractivity contribution is 0.111. The minimum Gasteiger partial charge on any atom is -0.379 e. The van der Waals surface area contributed by atoms with E-state index in [0.29, 0.717) is 12.0 Å². The van der Waals surface area contributed by atoms with Crippen LogP contribution in [0.4, 0.5) is 0 Å². The third-order valence-corrected chi connectivity index (χ3v) is 4.60. The first-order valence-corrected chi connectivity index (χ1v) is 7.90. The van der Waals surface area contributed by atoms with Gasteiger partial charge in [0.15, 0.2) is 0 Å². The fourth-order valence-corrected chi connectivity index (χ4v) is 3.35. The topological polar surface area (TPSA) is 27.7 Å². The van der Waals surface area contributed by atoms with Gasteiger partial charge in [0.25, 0.3) is 0 Å². The van der Waals surface area contributed by atoms with Gasteiger partial charge < -0.3 is 19.9 Å². The molecule has 0 saturated carbocycles. The summed E-state index contributed by atoms with van der Waals surface area (Å²) in [6, 6.07) is 1.29. The molecule has 2 fully saturated rings. The van der Waals surface area contributed by atoms with E-state index < -0.39 is 0 Å². The summed E-state index contributed by atoms with van der Waals surface area (Å²) in [6.07, 6.45) is 3.89. The van der Waals surface area contributed by atoms with Crippen molar-refractivity contribution in [3.63, 3.8) is 0 Å². The second kappa shape index (κ2) is 7.58. The third-order valence-electron chi connectivity index (χ3n) is 4.60. The van der Waals surface area contributed by atoms with Gasteiger partial charge in [0.1, 0.15) is 0 Å². The third kappa shape index (κ3) is 4.42. The van der Waals surface area contributed by atoms with Crippen molar-refractivity contribution in [1.82, 2.24) is 15.1 Å². The van der Waals surface area contributed by atoms with Gasteiger partial charge in [-0.05, 0) is 46.4 Å². The Kier molecular flexibility index (Phi) is 6.07. The highest BCUT2D eigenvalue weighted by Crippen LogP contribution is 2.19. The number of nitrogens with zero attached hydrogens (tertiary/aromatic N) is 2. The highest BCUT2D eigenvalue weighted by atomic mass is 16.5. The molecular weight excluding hydrogens is 238 g/mol. The Balaban J connectivity index is 1.78. The molecule has 2 heterocycles. The van der Waals surface area contributed by atoms with Gasteiger partial charge in [-0.2, -0.15) is 0 Å². The number of nitrogens with one attached hydrogen (secondary N) is 1. The van der Waals surface area contributed by atoms with Gasteiger partial charge in [-0.25, -0.2) is 0 Å². The highest BCUT2D eigenvalue weighted by Gasteiger charge is 2.31. The lowest BCUT2D eigenvalue weighted by atomic mass is 9.99. The first-order valence-electron chi connectivity index (χ1n) is 7.90. The standard InChI is InChI=1S/C15H31N3O/c1-4-7-16-15-12-19-11-13(15)9-18(3)14-6-5-8-17(2)10-14/h13-16H,4-12H2,1-3H3. The summed E-state index contributed by atoms with van der Waals surface area (Å²) in [6.45, 7) is 8.80. The molecule has 0 aliphatic carbocycles. The molecule has 4 heteroatoms. The van der Waals surface area contributed by atoms with Crippen LogP contribution in [0.25, 0.3) is 0 Å². The maximum Gasteiger partial charge on any atom is 0.0623 e. The molecule has 3 atom stereocenters. The number of hydrogen-bond donors (Lipinski definition) is 1. The molecule has 4 nitrogen and oxygen atoms in total. The van der Waals surface area contributed by atoms with Crippen LogP contribution >= 0.6 is 0 Å². The zero-order chi connectivity index (χ0) is 13.7. The van der Waals surface area contributed by atoms with E-state index in [2.05, 4.69) is 36.1 Å². The number of likely N-dealkylation sites (tertiary alicyclic amines) is 1. The van der Waals surface area contributed by atoms with Gasteiger partial charge >= 0.3 is 0 Å². The Bertz CT molecular complexity index is 262. The predicted molar refractivity (Wildman–Crippen MR) is 79.5 cm³/mol. The fraction of sp³-hybridized carbons (Fsp3) is 1.00. The molecule has 0 aromatic carbocycles. The zero-order valence-corrected chi connectivity index (χ0v) is 12.9. The molecule has 2 aliphatic heterocycles. The number of rotatable bonds is 6. The smallest absolute Gasteiger partial charge is 0.0623 e. The summed E-state index contributed by atoms with van der Waals surface area (Å²) in [7, 11) is 4.53. The normalized spacial score (nSPS) is 33.2. The van der Waals surface area contributed by atoms with Gasteiger partial charge in [-0.1, -0.05) is 6.92 Å². The highest BCUT2D eigenvalue weighted by molar-refractivity contribution is 4.86. The van der Waals surface area contributed by atoms with Crippen LogP contribution in [0.3, 0.4) is 0 Å². The van der Waals surface area contributed by atoms with E-state index >= 15 is 0 Å². The lowest BCUT2D eigenvalue weighted by Crippen LogP contribution is -2.49. The summed E-state index contributed by atoms with van der Waals surface area (Å²) < 4.78 is 5.68. The lowest BCUT2D eigenvalue weighted by Gasteiger charge is -2.37. The van der Waals surface area contributed by atoms with Crippen molar-refractivity contribution in [3.05, 3.63) is 0 Å². The van der Waals surface area contributed by atoms with Crippen molar-refractivity contribution in [1.29, 1.82) is 0 Å². The molecule has 0 aromatic heterocycles. The molecule has 0 bridgehead atoms. The van der Waals surface area contributed by atoms with Crippen molar-refractivity contribution >= 4 is 0 Å². The van der Waals surface area contributed by atoms with Crippen molar-refractivity contribution in [2.45, 2.75) is 38.3 Å². The Morgan fingerprint density at radius 1 is 1.37 bits per heavy atom. The van der Waals surface area contributed by atoms with Crippen LogP contribution in [0.5, 0.6) is 0 Å². The van der Waals surface area contributed by atoms with Crippen molar-refractivity contribution in [2.24, 2.45) is 5.92 Å². The van der Waals surface area contributed by atoms with E-state index in [4.69, 9.17) is 4.74 Å². The fourth-order valence-electron chi connectivity index (χ4n) is 3.35. The maximum absolute atomic E-state index is 5.68. The maximum atomic E-state index is 5.68. The second-order valence-electron chi connectivity index (χ2n) is 6.36. The number of piperidine rings is 1. The molecule has 2 saturated heterocycles. The first kappa shape index (κ1) is 15.2. The van der Waals surface area contributed by atoms with E-state index in [1.165, 1.54) is 38.9 Å². The predicted octanol–water partition coefficient (Wildman–Crippen LogP) is 1.03. The number of likely N-dealkylation sites (N-methyl/N-ethyl adjacent to an activating group) is 2. The van der Waals surface area contributed by atoms with E-state index in [1.807, 2.05) is 0 Å². The van der Waals surface area contributed by atoms with Crippen molar-refractivity contribution in [2.75, 3.05) is 53.5 Å². The van der Waals surface area contributed by atoms with Gasteiger partial charge in [0, 0.05) is 31.1 Å². The summed E-state index contributed by atoms with van der Waals surface area (Å²) in [5.74, 6) is 0.656.